The van der Waals surface area contributed by atoms with Crippen LogP contribution in [0.3, 0.4) is 0 Å². The number of thioether (sulfide) groups is 1. The van der Waals surface area contributed by atoms with Gasteiger partial charge >= 0.3 is 0 Å². The molecule has 0 heterocycles. The SMILES string of the molecule is COc1ccc(OCC(O)CNCC(C)SC)cc1. The molecule has 5 heteroatoms. The highest BCUT2D eigenvalue weighted by molar-refractivity contribution is 7.99. The van der Waals surface area contributed by atoms with E-state index in [9.17, 15) is 5.11 Å². The zero-order valence-corrected chi connectivity index (χ0v) is 12.6. The summed E-state index contributed by atoms with van der Waals surface area (Å²) >= 11 is 1.80. The second kappa shape index (κ2) is 9.07. The molecule has 2 atom stereocenters. The molecular weight excluding hydrogens is 262 g/mol. The fourth-order valence-electron chi connectivity index (χ4n) is 1.46. The molecule has 4 nitrogen and oxygen atoms in total. The van der Waals surface area contributed by atoms with Crippen molar-refractivity contribution >= 4 is 11.8 Å². The highest BCUT2D eigenvalue weighted by Crippen LogP contribution is 2.16. The molecule has 2 unspecified atom stereocenters. The van der Waals surface area contributed by atoms with Gasteiger partial charge in [-0.2, -0.15) is 11.8 Å². The molecule has 0 fully saturated rings. The predicted molar refractivity (Wildman–Crippen MR) is 80.3 cm³/mol. The average molecular weight is 285 g/mol. The summed E-state index contributed by atoms with van der Waals surface area (Å²) < 4.78 is 10.6. The van der Waals surface area contributed by atoms with Crippen molar-refractivity contribution < 1.29 is 14.6 Å². The maximum absolute atomic E-state index is 9.78. The minimum absolute atomic E-state index is 0.285. The summed E-state index contributed by atoms with van der Waals surface area (Å²) in [5.41, 5.74) is 0. The first-order valence-electron chi connectivity index (χ1n) is 6.34. The van der Waals surface area contributed by atoms with Crippen molar-refractivity contribution in [2.75, 3.05) is 33.1 Å². The standard InChI is InChI=1S/C14H23NO3S/c1-11(19-3)8-15-9-12(16)10-18-14-6-4-13(17-2)5-7-14/h4-7,11-12,15-16H,8-10H2,1-3H3. The summed E-state index contributed by atoms with van der Waals surface area (Å²) in [5.74, 6) is 1.53. The molecule has 0 saturated carbocycles. The lowest BCUT2D eigenvalue weighted by atomic mass is 10.3. The number of ether oxygens (including phenoxy) is 2. The Balaban J connectivity index is 2.20. The van der Waals surface area contributed by atoms with Crippen LogP contribution in [0.4, 0.5) is 0 Å². The number of hydrogen-bond donors (Lipinski definition) is 2. The minimum Gasteiger partial charge on any atom is -0.497 e. The van der Waals surface area contributed by atoms with Gasteiger partial charge in [0.2, 0.25) is 0 Å². The minimum atomic E-state index is -0.504. The molecule has 19 heavy (non-hydrogen) atoms. The van der Waals surface area contributed by atoms with Gasteiger partial charge in [0.25, 0.3) is 0 Å². The summed E-state index contributed by atoms with van der Waals surface area (Å²) in [7, 11) is 1.63. The van der Waals surface area contributed by atoms with Gasteiger partial charge in [-0.3, -0.25) is 0 Å². The van der Waals surface area contributed by atoms with Crippen molar-refractivity contribution in [2.24, 2.45) is 0 Å². The molecule has 0 saturated heterocycles. The van der Waals surface area contributed by atoms with Crippen molar-refractivity contribution in [1.82, 2.24) is 5.32 Å². The molecule has 0 radical (unpaired) electrons. The average Bonchev–Trinajstić information content (AvgIpc) is 2.45. The molecule has 1 aromatic rings. The van der Waals surface area contributed by atoms with Crippen LogP contribution in [0.25, 0.3) is 0 Å². The maximum atomic E-state index is 9.78. The van der Waals surface area contributed by atoms with E-state index in [1.807, 2.05) is 24.3 Å². The highest BCUT2D eigenvalue weighted by atomic mass is 32.2. The van der Waals surface area contributed by atoms with E-state index in [2.05, 4.69) is 18.5 Å². The number of nitrogens with one attached hydrogen (secondary N) is 1. The van der Waals surface area contributed by atoms with Gasteiger partial charge in [0, 0.05) is 18.3 Å². The van der Waals surface area contributed by atoms with Crippen molar-refractivity contribution in [3.63, 3.8) is 0 Å². The Labute approximate surface area is 119 Å². The lowest BCUT2D eigenvalue weighted by Crippen LogP contribution is -2.34. The van der Waals surface area contributed by atoms with Crippen molar-refractivity contribution in [3.8, 4) is 11.5 Å². The molecule has 2 N–H and O–H groups in total. The Kier molecular flexibility index (Phi) is 7.70. The summed E-state index contributed by atoms with van der Waals surface area (Å²) in [6.07, 6.45) is 1.58. The van der Waals surface area contributed by atoms with Crippen LogP contribution in [0.1, 0.15) is 6.92 Å². The number of benzene rings is 1. The molecule has 0 aliphatic carbocycles. The number of aliphatic hydroxyl groups is 1. The van der Waals surface area contributed by atoms with Crippen LogP contribution in [0.5, 0.6) is 11.5 Å². The predicted octanol–water partition coefficient (Wildman–Crippen LogP) is 1.78. The van der Waals surface area contributed by atoms with Crippen molar-refractivity contribution in [3.05, 3.63) is 24.3 Å². The van der Waals surface area contributed by atoms with Gasteiger partial charge in [-0.25, -0.2) is 0 Å². The molecule has 0 aromatic heterocycles. The fraction of sp³-hybridized carbons (Fsp3) is 0.571. The van der Waals surface area contributed by atoms with Gasteiger partial charge in [0.15, 0.2) is 0 Å². The maximum Gasteiger partial charge on any atom is 0.119 e. The van der Waals surface area contributed by atoms with E-state index in [0.717, 1.165) is 18.0 Å². The number of methoxy groups -OCH3 is 1. The van der Waals surface area contributed by atoms with Gasteiger partial charge in [0.05, 0.1) is 7.11 Å². The Morgan fingerprint density at radius 1 is 1.21 bits per heavy atom. The third-order valence-corrected chi connectivity index (χ3v) is 3.69. The van der Waals surface area contributed by atoms with Crippen LogP contribution in [0.15, 0.2) is 24.3 Å². The molecule has 0 aliphatic rings. The number of aliphatic hydroxyl groups excluding tert-OH is 1. The van der Waals surface area contributed by atoms with Gasteiger partial charge in [0.1, 0.15) is 24.2 Å². The molecule has 0 bridgehead atoms. The fourth-order valence-corrected chi connectivity index (χ4v) is 1.74. The van der Waals surface area contributed by atoms with Crippen LogP contribution >= 0.6 is 11.8 Å². The van der Waals surface area contributed by atoms with Crippen LogP contribution in [-0.2, 0) is 0 Å². The summed E-state index contributed by atoms with van der Waals surface area (Å²) in [4.78, 5) is 0. The van der Waals surface area contributed by atoms with E-state index in [-0.39, 0.29) is 6.61 Å². The van der Waals surface area contributed by atoms with E-state index in [0.29, 0.717) is 11.8 Å². The summed E-state index contributed by atoms with van der Waals surface area (Å²) in [5, 5.41) is 13.5. The number of hydrogen-bond acceptors (Lipinski definition) is 5. The van der Waals surface area contributed by atoms with E-state index < -0.39 is 6.10 Å². The summed E-state index contributed by atoms with van der Waals surface area (Å²) in [6, 6.07) is 7.32. The zero-order valence-electron chi connectivity index (χ0n) is 11.8. The molecule has 108 valence electrons. The molecular formula is C14H23NO3S. The molecule has 0 amide bonds. The largest absolute Gasteiger partial charge is 0.497 e. The van der Waals surface area contributed by atoms with Gasteiger partial charge < -0.3 is 19.9 Å². The molecule has 0 spiro atoms. The highest BCUT2D eigenvalue weighted by Gasteiger charge is 2.06. The lowest BCUT2D eigenvalue weighted by molar-refractivity contribution is 0.106. The van der Waals surface area contributed by atoms with Crippen LogP contribution < -0.4 is 14.8 Å². The van der Waals surface area contributed by atoms with Crippen LogP contribution in [-0.4, -0.2) is 49.5 Å². The first-order valence-corrected chi connectivity index (χ1v) is 7.63. The van der Waals surface area contributed by atoms with E-state index in [1.165, 1.54) is 0 Å². The normalized spacial score (nSPS) is 13.9. The van der Waals surface area contributed by atoms with Crippen molar-refractivity contribution in [1.29, 1.82) is 0 Å². The smallest absolute Gasteiger partial charge is 0.119 e. The molecule has 1 aromatic carbocycles. The quantitative estimate of drug-likeness (QED) is 0.724. The van der Waals surface area contributed by atoms with E-state index in [1.54, 1.807) is 18.9 Å². The first kappa shape index (κ1) is 16.1. The third kappa shape index (κ3) is 6.71. The van der Waals surface area contributed by atoms with Gasteiger partial charge in [-0.15, -0.1) is 0 Å². The molecule has 1 rings (SSSR count). The van der Waals surface area contributed by atoms with Gasteiger partial charge in [-0.1, -0.05) is 6.92 Å². The third-order valence-electron chi connectivity index (χ3n) is 2.72. The Hall–Kier alpha value is -0.910. The lowest BCUT2D eigenvalue weighted by Gasteiger charge is -2.15. The van der Waals surface area contributed by atoms with E-state index in [4.69, 9.17) is 9.47 Å². The van der Waals surface area contributed by atoms with Gasteiger partial charge in [-0.05, 0) is 30.5 Å². The Bertz CT molecular complexity index is 345. The number of rotatable bonds is 9. The second-order valence-corrected chi connectivity index (χ2v) is 5.62. The Morgan fingerprint density at radius 3 is 2.42 bits per heavy atom. The molecule has 0 aliphatic heterocycles. The topological polar surface area (TPSA) is 50.7 Å². The van der Waals surface area contributed by atoms with Crippen LogP contribution in [0, 0.1) is 0 Å². The monoisotopic (exact) mass is 285 g/mol. The summed E-state index contributed by atoms with van der Waals surface area (Å²) in [6.45, 7) is 3.87. The van der Waals surface area contributed by atoms with Crippen LogP contribution in [0.2, 0.25) is 0 Å². The second-order valence-electron chi connectivity index (χ2n) is 4.34. The first-order chi connectivity index (χ1) is 9.15. The van der Waals surface area contributed by atoms with E-state index >= 15 is 0 Å². The Morgan fingerprint density at radius 2 is 1.84 bits per heavy atom. The zero-order chi connectivity index (χ0) is 14.1. The van der Waals surface area contributed by atoms with Crippen molar-refractivity contribution in [2.45, 2.75) is 18.3 Å².